The molecule has 1 aliphatic heterocycles. The molecule has 1 heterocycles. The second-order valence-electron chi connectivity index (χ2n) is 5.48. The van der Waals surface area contributed by atoms with Crippen LogP contribution in [0.15, 0.2) is 18.2 Å². The number of halogens is 2. The number of benzene rings is 1. The van der Waals surface area contributed by atoms with Crippen molar-refractivity contribution in [2.75, 3.05) is 18.0 Å². The van der Waals surface area contributed by atoms with Crippen LogP contribution >= 0.6 is 11.6 Å². The molecule has 1 fully saturated rings. The molecule has 0 amide bonds. The predicted octanol–water partition coefficient (Wildman–Crippen LogP) is 4.97. The molecule has 1 nitrogen and oxygen atoms in total. The number of hydrogen-bond acceptors (Lipinski definition) is 1. The molecule has 0 saturated carbocycles. The first-order valence-corrected chi connectivity index (χ1v) is 7.87. The van der Waals surface area contributed by atoms with Gasteiger partial charge in [-0.1, -0.05) is 19.8 Å². The van der Waals surface area contributed by atoms with Gasteiger partial charge < -0.3 is 4.90 Å². The van der Waals surface area contributed by atoms with E-state index in [0.29, 0.717) is 5.88 Å². The van der Waals surface area contributed by atoms with Crippen LogP contribution in [-0.4, -0.2) is 13.1 Å². The van der Waals surface area contributed by atoms with Crippen molar-refractivity contribution in [3.63, 3.8) is 0 Å². The molecule has 1 aromatic rings. The smallest absolute Gasteiger partial charge is 0.123 e. The van der Waals surface area contributed by atoms with Gasteiger partial charge >= 0.3 is 0 Å². The van der Waals surface area contributed by atoms with Crippen LogP contribution in [0.4, 0.5) is 10.1 Å². The van der Waals surface area contributed by atoms with Gasteiger partial charge in [-0.3, -0.25) is 0 Å². The first-order chi connectivity index (χ1) is 9.24. The lowest BCUT2D eigenvalue weighted by molar-refractivity contribution is 0.435. The summed E-state index contributed by atoms with van der Waals surface area (Å²) in [7, 11) is 0. The molecular formula is C16H23ClFN. The van der Waals surface area contributed by atoms with E-state index in [1.54, 1.807) is 12.1 Å². The van der Waals surface area contributed by atoms with Crippen LogP contribution in [0.5, 0.6) is 0 Å². The van der Waals surface area contributed by atoms with Crippen LogP contribution in [0.1, 0.15) is 44.6 Å². The Hall–Kier alpha value is -0.760. The minimum absolute atomic E-state index is 0.196. The number of hydrogen-bond donors (Lipinski definition) is 0. The molecule has 1 unspecified atom stereocenters. The van der Waals surface area contributed by atoms with Crippen LogP contribution in [0.2, 0.25) is 0 Å². The molecule has 0 aromatic heterocycles. The van der Waals surface area contributed by atoms with Gasteiger partial charge in [0, 0.05) is 24.7 Å². The number of alkyl halides is 1. The normalized spacial score (nSPS) is 20.4. The van der Waals surface area contributed by atoms with Crippen LogP contribution in [0, 0.1) is 11.7 Å². The van der Waals surface area contributed by atoms with Crippen LogP contribution < -0.4 is 4.90 Å². The fourth-order valence-corrected chi connectivity index (χ4v) is 3.29. The molecule has 19 heavy (non-hydrogen) atoms. The van der Waals surface area contributed by atoms with Gasteiger partial charge in [0.05, 0.1) is 0 Å². The topological polar surface area (TPSA) is 3.24 Å². The van der Waals surface area contributed by atoms with E-state index in [1.165, 1.54) is 32.1 Å². The van der Waals surface area contributed by atoms with Crippen molar-refractivity contribution in [3.8, 4) is 0 Å². The summed E-state index contributed by atoms with van der Waals surface area (Å²) in [5.74, 6) is 1.04. The molecule has 106 valence electrons. The third kappa shape index (κ3) is 3.85. The maximum Gasteiger partial charge on any atom is 0.123 e. The Balaban J connectivity index is 2.09. The average Bonchev–Trinajstić information content (AvgIpc) is 2.65. The number of nitrogens with zero attached hydrogens (tertiary/aromatic N) is 1. The molecule has 0 radical (unpaired) electrons. The molecular weight excluding hydrogens is 261 g/mol. The summed E-state index contributed by atoms with van der Waals surface area (Å²) in [6, 6.07) is 4.99. The highest BCUT2D eigenvalue weighted by Crippen LogP contribution is 2.28. The van der Waals surface area contributed by atoms with Crippen molar-refractivity contribution in [2.45, 2.75) is 44.9 Å². The van der Waals surface area contributed by atoms with E-state index in [2.05, 4.69) is 11.8 Å². The van der Waals surface area contributed by atoms with Crippen LogP contribution in [0.3, 0.4) is 0 Å². The summed E-state index contributed by atoms with van der Waals surface area (Å²) in [6.45, 7) is 4.39. The second kappa shape index (κ2) is 7.14. The van der Waals surface area contributed by atoms with E-state index in [0.717, 1.165) is 30.3 Å². The minimum Gasteiger partial charge on any atom is -0.371 e. The summed E-state index contributed by atoms with van der Waals surface area (Å²) in [5.41, 5.74) is 2.03. The molecule has 0 bridgehead atoms. The molecule has 1 aliphatic rings. The van der Waals surface area contributed by atoms with E-state index in [4.69, 9.17) is 11.6 Å². The molecule has 1 atom stereocenters. The zero-order valence-electron chi connectivity index (χ0n) is 11.7. The largest absolute Gasteiger partial charge is 0.371 e. The first-order valence-electron chi connectivity index (χ1n) is 7.34. The fraction of sp³-hybridized carbons (Fsp3) is 0.625. The zero-order chi connectivity index (χ0) is 13.7. The third-order valence-electron chi connectivity index (χ3n) is 4.07. The molecule has 3 heteroatoms. The predicted molar refractivity (Wildman–Crippen MR) is 80.4 cm³/mol. The Labute approximate surface area is 120 Å². The highest BCUT2D eigenvalue weighted by Gasteiger charge is 2.18. The van der Waals surface area contributed by atoms with Crippen molar-refractivity contribution < 1.29 is 4.39 Å². The summed E-state index contributed by atoms with van der Waals surface area (Å²) in [6.07, 6.45) is 6.40. The molecule has 1 aromatic carbocycles. The molecule has 1 saturated heterocycles. The fourth-order valence-electron chi connectivity index (χ4n) is 3.07. The summed E-state index contributed by atoms with van der Waals surface area (Å²) >= 11 is 5.95. The quantitative estimate of drug-likeness (QED) is 0.705. The lowest BCUT2D eigenvalue weighted by atomic mass is 9.96. The third-order valence-corrected chi connectivity index (χ3v) is 4.36. The van der Waals surface area contributed by atoms with E-state index >= 15 is 0 Å². The Bertz CT molecular complexity index is 408. The summed E-state index contributed by atoms with van der Waals surface area (Å²) in [5, 5.41) is 0. The van der Waals surface area contributed by atoms with E-state index < -0.39 is 0 Å². The van der Waals surface area contributed by atoms with Gasteiger partial charge in [0.15, 0.2) is 0 Å². The molecule has 0 spiro atoms. The van der Waals surface area contributed by atoms with Gasteiger partial charge in [-0.2, -0.15) is 0 Å². The lowest BCUT2D eigenvalue weighted by Crippen LogP contribution is -2.25. The standard InChI is InChI=1S/C16H23ClFN/c1-2-4-13-5-3-9-19(10-8-13)16-7-6-15(18)11-14(16)12-17/h6-7,11,13H,2-5,8-10,12H2,1H3. The highest BCUT2D eigenvalue weighted by atomic mass is 35.5. The van der Waals surface area contributed by atoms with E-state index in [1.807, 2.05) is 6.07 Å². The van der Waals surface area contributed by atoms with Crippen molar-refractivity contribution in [1.29, 1.82) is 0 Å². The molecule has 0 N–H and O–H groups in total. The van der Waals surface area contributed by atoms with Crippen LogP contribution in [-0.2, 0) is 5.88 Å². The Morgan fingerprint density at radius 3 is 2.89 bits per heavy atom. The Morgan fingerprint density at radius 2 is 2.16 bits per heavy atom. The maximum atomic E-state index is 13.3. The Kier molecular flexibility index (Phi) is 5.50. The van der Waals surface area contributed by atoms with Gasteiger partial charge in [0.1, 0.15) is 5.82 Å². The Morgan fingerprint density at radius 1 is 1.32 bits per heavy atom. The summed E-state index contributed by atoms with van der Waals surface area (Å²) in [4.78, 5) is 2.38. The van der Waals surface area contributed by atoms with Crippen molar-refractivity contribution >= 4 is 17.3 Å². The van der Waals surface area contributed by atoms with Crippen LogP contribution in [0.25, 0.3) is 0 Å². The van der Waals surface area contributed by atoms with Gasteiger partial charge in [0.2, 0.25) is 0 Å². The van der Waals surface area contributed by atoms with Gasteiger partial charge in [-0.05, 0) is 48.9 Å². The average molecular weight is 284 g/mol. The SMILES string of the molecule is CCCC1CCCN(c2ccc(F)cc2CCl)CC1. The monoisotopic (exact) mass is 283 g/mol. The van der Waals surface area contributed by atoms with Crippen molar-refractivity contribution in [2.24, 2.45) is 5.92 Å². The lowest BCUT2D eigenvalue weighted by Gasteiger charge is -2.25. The van der Waals surface area contributed by atoms with Crippen molar-refractivity contribution in [3.05, 3.63) is 29.6 Å². The number of anilines is 1. The minimum atomic E-state index is -0.196. The highest BCUT2D eigenvalue weighted by molar-refractivity contribution is 6.17. The van der Waals surface area contributed by atoms with Gasteiger partial charge in [-0.15, -0.1) is 11.6 Å². The first kappa shape index (κ1) is 14.6. The molecule has 2 rings (SSSR count). The van der Waals surface area contributed by atoms with Gasteiger partial charge in [-0.25, -0.2) is 4.39 Å². The maximum absolute atomic E-state index is 13.3. The van der Waals surface area contributed by atoms with Gasteiger partial charge in [0.25, 0.3) is 0 Å². The van der Waals surface area contributed by atoms with Crippen molar-refractivity contribution in [1.82, 2.24) is 0 Å². The summed E-state index contributed by atoms with van der Waals surface area (Å²) < 4.78 is 13.3. The zero-order valence-corrected chi connectivity index (χ0v) is 12.4. The van der Waals surface area contributed by atoms with E-state index in [-0.39, 0.29) is 5.82 Å². The number of rotatable bonds is 4. The molecule has 0 aliphatic carbocycles. The second-order valence-corrected chi connectivity index (χ2v) is 5.75. The van der Waals surface area contributed by atoms with E-state index in [9.17, 15) is 4.39 Å².